The molecule has 0 spiro atoms. The maximum absolute atomic E-state index is 9.84. The lowest BCUT2D eigenvalue weighted by molar-refractivity contribution is -0.0981. The Balaban J connectivity index is 1.84. The topological polar surface area (TPSA) is 76.0 Å². The molecule has 0 aliphatic carbocycles. The van der Waals surface area contributed by atoms with Gasteiger partial charge in [-0.25, -0.2) is 0 Å². The molecular formula is C11H22N2O3. The summed E-state index contributed by atoms with van der Waals surface area (Å²) < 4.78 is 0. The van der Waals surface area contributed by atoms with Crippen LogP contribution in [-0.2, 0) is 0 Å². The molecule has 0 aromatic heterocycles. The van der Waals surface area contributed by atoms with Crippen molar-refractivity contribution in [1.29, 1.82) is 0 Å². The van der Waals surface area contributed by atoms with Crippen LogP contribution in [-0.4, -0.2) is 70.8 Å². The van der Waals surface area contributed by atoms with Gasteiger partial charge >= 0.3 is 0 Å². The molecule has 0 bridgehead atoms. The van der Waals surface area contributed by atoms with Crippen LogP contribution in [0.5, 0.6) is 0 Å². The summed E-state index contributed by atoms with van der Waals surface area (Å²) in [7, 11) is 0. The number of hydrogen-bond acceptors (Lipinski definition) is 5. The largest absolute Gasteiger partial charge is 0.389 e. The van der Waals surface area contributed by atoms with Crippen molar-refractivity contribution in [3.05, 3.63) is 0 Å². The van der Waals surface area contributed by atoms with Crippen molar-refractivity contribution < 1.29 is 15.3 Å². The minimum absolute atomic E-state index is 0.128. The van der Waals surface area contributed by atoms with Crippen LogP contribution in [0.4, 0.5) is 0 Å². The number of nitrogens with zero attached hydrogens (tertiary/aromatic N) is 1. The summed E-state index contributed by atoms with van der Waals surface area (Å²) in [6.45, 7) is 3.26. The van der Waals surface area contributed by atoms with Crippen LogP contribution in [0.3, 0.4) is 0 Å². The molecule has 5 nitrogen and oxygen atoms in total. The number of rotatable bonds is 2. The molecule has 0 aromatic rings. The minimum atomic E-state index is -1.02. The van der Waals surface area contributed by atoms with Gasteiger partial charge in [0.2, 0.25) is 0 Å². The molecule has 4 N–H and O–H groups in total. The van der Waals surface area contributed by atoms with Gasteiger partial charge in [-0.2, -0.15) is 0 Å². The summed E-state index contributed by atoms with van der Waals surface area (Å²) in [4.78, 5) is 2.31. The second-order valence-corrected chi connectivity index (χ2v) is 4.92. The van der Waals surface area contributed by atoms with Crippen molar-refractivity contribution in [2.45, 2.75) is 43.6 Å². The molecule has 2 fully saturated rings. The van der Waals surface area contributed by atoms with Crippen LogP contribution in [0.2, 0.25) is 0 Å². The Hall–Kier alpha value is -0.200. The van der Waals surface area contributed by atoms with Gasteiger partial charge in [-0.15, -0.1) is 0 Å². The molecular weight excluding hydrogens is 208 g/mol. The van der Waals surface area contributed by atoms with Crippen LogP contribution < -0.4 is 5.32 Å². The van der Waals surface area contributed by atoms with Crippen LogP contribution in [0, 0.1) is 0 Å². The average Bonchev–Trinajstić information content (AvgIpc) is 2.31. The Labute approximate surface area is 96.1 Å². The summed E-state index contributed by atoms with van der Waals surface area (Å²) in [6, 6.07) is -0.128. The van der Waals surface area contributed by atoms with Crippen molar-refractivity contribution in [1.82, 2.24) is 10.2 Å². The van der Waals surface area contributed by atoms with Gasteiger partial charge in [0.25, 0.3) is 0 Å². The van der Waals surface area contributed by atoms with E-state index in [9.17, 15) is 15.3 Å². The highest BCUT2D eigenvalue weighted by Crippen LogP contribution is 2.14. The van der Waals surface area contributed by atoms with Gasteiger partial charge in [0.1, 0.15) is 6.10 Å². The molecule has 5 heteroatoms. The van der Waals surface area contributed by atoms with Crippen LogP contribution in [0.15, 0.2) is 0 Å². The normalized spacial score (nSPS) is 42.2. The first-order valence-corrected chi connectivity index (χ1v) is 6.18. The molecule has 2 rings (SSSR count). The summed E-state index contributed by atoms with van der Waals surface area (Å²) in [5.74, 6) is 0. The van der Waals surface area contributed by atoms with Crippen molar-refractivity contribution in [2.75, 3.05) is 26.2 Å². The number of piperidine rings is 2. The quantitative estimate of drug-likeness (QED) is 0.466. The summed E-state index contributed by atoms with van der Waals surface area (Å²) >= 11 is 0. The fourth-order valence-corrected chi connectivity index (χ4v) is 2.57. The van der Waals surface area contributed by atoms with E-state index in [-0.39, 0.29) is 6.04 Å². The third kappa shape index (κ3) is 2.73. The van der Waals surface area contributed by atoms with Gasteiger partial charge < -0.3 is 25.5 Å². The summed E-state index contributed by atoms with van der Waals surface area (Å²) in [5, 5.41) is 31.9. The molecule has 0 amide bonds. The van der Waals surface area contributed by atoms with Gasteiger partial charge in [0.15, 0.2) is 0 Å². The smallest absolute Gasteiger partial charge is 0.109 e. The molecule has 2 aliphatic heterocycles. The predicted octanol–water partition coefficient (Wildman–Crippen LogP) is -1.47. The molecule has 4 atom stereocenters. The Morgan fingerprint density at radius 2 is 1.69 bits per heavy atom. The van der Waals surface area contributed by atoms with Crippen LogP contribution in [0.1, 0.15) is 19.3 Å². The zero-order valence-corrected chi connectivity index (χ0v) is 9.55. The molecule has 2 aliphatic rings. The highest BCUT2D eigenvalue weighted by molar-refractivity contribution is 4.93. The number of β-amino-alcohol motifs (C(OH)–C–C–N with tert-alkyl or cyclic N) is 1. The molecule has 0 saturated carbocycles. The molecule has 94 valence electrons. The lowest BCUT2D eigenvalue weighted by Gasteiger charge is -2.39. The maximum Gasteiger partial charge on any atom is 0.109 e. The molecule has 2 saturated heterocycles. The molecule has 0 aromatic carbocycles. The van der Waals surface area contributed by atoms with Gasteiger partial charge in [0.05, 0.1) is 12.2 Å². The lowest BCUT2D eigenvalue weighted by atomic mass is 9.95. The van der Waals surface area contributed by atoms with E-state index < -0.39 is 18.3 Å². The van der Waals surface area contributed by atoms with Gasteiger partial charge in [-0.1, -0.05) is 6.42 Å². The van der Waals surface area contributed by atoms with E-state index in [4.69, 9.17) is 0 Å². The van der Waals surface area contributed by atoms with E-state index in [2.05, 4.69) is 10.2 Å². The monoisotopic (exact) mass is 230 g/mol. The molecule has 16 heavy (non-hydrogen) atoms. The maximum atomic E-state index is 9.84. The van der Waals surface area contributed by atoms with Crippen molar-refractivity contribution in [2.24, 2.45) is 0 Å². The predicted molar refractivity (Wildman–Crippen MR) is 60.1 cm³/mol. The number of hydrogen-bond donors (Lipinski definition) is 4. The standard InChI is InChI=1S/C11H22N2O3/c14-9-6-12-8(10(15)11(9)16)7-13-4-2-1-3-5-13/h8-12,14-16H,1-7H2/t8-,9-,10-,11-/m1/s1. The van der Waals surface area contributed by atoms with E-state index in [0.717, 1.165) is 19.6 Å². The molecule has 0 radical (unpaired) electrons. The second kappa shape index (κ2) is 5.42. The SMILES string of the molecule is O[C@H]1[C@H](O)[C@@H](CN2CCCCC2)NC[C@H]1O. The minimum Gasteiger partial charge on any atom is -0.389 e. The Morgan fingerprint density at radius 3 is 2.38 bits per heavy atom. The number of aliphatic hydroxyl groups is 3. The van der Waals surface area contributed by atoms with Crippen LogP contribution in [0.25, 0.3) is 0 Å². The van der Waals surface area contributed by atoms with E-state index in [1.54, 1.807) is 0 Å². The van der Waals surface area contributed by atoms with E-state index in [1.807, 2.05) is 0 Å². The van der Waals surface area contributed by atoms with Crippen molar-refractivity contribution >= 4 is 0 Å². The summed E-state index contributed by atoms with van der Waals surface area (Å²) in [5.41, 5.74) is 0. The highest BCUT2D eigenvalue weighted by Gasteiger charge is 2.36. The first-order valence-electron chi connectivity index (χ1n) is 6.18. The zero-order valence-electron chi connectivity index (χ0n) is 9.55. The van der Waals surface area contributed by atoms with Crippen molar-refractivity contribution in [3.8, 4) is 0 Å². The van der Waals surface area contributed by atoms with Gasteiger partial charge in [0, 0.05) is 19.1 Å². The molecule has 2 heterocycles. The third-order valence-electron chi connectivity index (χ3n) is 3.65. The lowest BCUT2D eigenvalue weighted by Crippen LogP contribution is -2.62. The second-order valence-electron chi connectivity index (χ2n) is 4.92. The van der Waals surface area contributed by atoms with Gasteiger partial charge in [-0.05, 0) is 25.9 Å². The zero-order chi connectivity index (χ0) is 11.5. The number of nitrogens with one attached hydrogen (secondary N) is 1. The van der Waals surface area contributed by atoms with E-state index >= 15 is 0 Å². The fraction of sp³-hybridized carbons (Fsp3) is 1.00. The van der Waals surface area contributed by atoms with Gasteiger partial charge in [-0.3, -0.25) is 0 Å². The van der Waals surface area contributed by atoms with Crippen molar-refractivity contribution in [3.63, 3.8) is 0 Å². The van der Waals surface area contributed by atoms with E-state index in [1.165, 1.54) is 19.3 Å². The van der Waals surface area contributed by atoms with E-state index in [0.29, 0.717) is 6.54 Å². The third-order valence-corrected chi connectivity index (χ3v) is 3.65. The fourth-order valence-electron chi connectivity index (χ4n) is 2.57. The number of likely N-dealkylation sites (tertiary alicyclic amines) is 1. The first-order chi connectivity index (χ1) is 7.68. The first kappa shape index (κ1) is 12.3. The Bertz CT molecular complexity index is 221. The van der Waals surface area contributed by atoms with Crippen LogP contribution >= 0.6 is 0 Å². The Kier molecular flexibility index (Phi) is 4.16. The molecule has 0 unspecified atom stereocenters. The summed E-state index contributed by atoms with van der Waals surface area (Å²) in [6.07, 6.45) is 0.981. The Morgan fingerprint density at radius 1 is 1.00 bits per heavy atom. The average molecular weight is 230 g/mol. The number of aliphatic hydroxyl groups excluding tert-OH is 3. The highest BCUT2D eigenvalue weighted by atomic mass is 16.4.